The van der Waals surface area contributed by atoms with E-state index in [1.807, 2.05) is 31.2 Å². The minimum absolute atomic E-state index is 0.242. The zero-order valence-electron chi connectivity index (χ0n) is 12.0. The first-order valence-corrected chi connectivity index (χ1v) is 7.43. The monoisotopic (exact) mass is 329 g/mol. The quantitative estimate of drug-likeness (QED) is 0.529. The van der Waals surface area contributed by atoms with Crippen molar-refractivity contribution in [2.24, 2.45) is 4.99 Å². The van der Waals surface area contributed by atoms with Crippen LogP contribution in [-0.4, -0.2) is 16.0 Å². The third kappa shape index (κ3) is 3.49. The Morgan fingerprint density at radius 3 is 2.87 bits per heavy atom. The molecule has 23 heavy (non-hydrogen) atoms. The van der Waals surface area contributed by atoms with Gasteiger partial charge in [0.25, 0.3) is 5.91 Å². The highest BCUT2D eigenvalue weighted by Gasteiger charge is 2.24. The van der Waals surface area contributed by atoms with Crippen molar-refractivity contribution >= 4 is 40.5 Å². The van der Waals surface area contributed by atoms with Crippen molar-refractivity contribution in [3.05, 3.63) is 62.7 Å². The Balaban J connectivity index is 1.81. The first kappa shape index (κ1) is 15.0. The molecule has 1 aromatic carbocycles. The summed E-state index contributed by atoms with van der Waals surface area (Å²) >= 11 is 1.15. The summed E-state index contributed by atoms with van der Waals surface area (Å²) in [7, 11) is 0. The summed E-state index contributed by atoms with van der Waals surface area (Å²) in [4.78, 5) is 26.6. The molecular formula is C15H11N3O4S. The first-order valence-electron chi connectivity index (χ1n) is 6.62. The van der Waals surface area contributed by atoms with Crippen LogP contribution in [0.5, 0.6) is 0 Å². The second kappa shape index (κ2) is 6.09. The van der Waals surface area contributed by atoms with E-state index in [4.69, 9.17) is 4.42 Å². The smallest absolute Gasteiger partial charge is 0.401 e. The molecule has 0 unspecified atom stereocenters. The Hall–Kier alpha value is -2.87. The van der Waals surface area contributed by atoms with E-state index < -0.39 is 4.92 Å². The van der Waals surface area contributed by atoms with Gasteiger partial charge in [-0.25, -0.2) is 4.99 Å². The molecule has 0 atom stereocenters. The molecule has 0 saturated carbocycles. The number of hydrogen-bond acceptors (Lipinski definition) is 6. The standard InChI is InChI=1S/C15H11N3O4S/c1-9-3-2-4-10(7-9)16-15-17-14(19)12(23-15)8-11-5-6-13(22-11)18(20)21/h2-8H,1H3,(H,16,17,19)/b12-8+. The van der Waals surface area contributed by atoms with Gasteiger partial charge in [0.05, 0.1) is 16.7 Å². The number of nitrogens with zero attached hydrogens (tertiary/aromatic N) is 2. The maximum atomic E-state index is 11.9. The van der Waals surface area contributed by atoms with Gasteiger partial charge in [0.1, 0.15) is 10.7 Å². The third-order valence-electron chi connectivity index (χ3n) is 2.95. The maximum absolute atomic E-state index is 11.9. The highest BCUT2D eigenvalue weighted by atomic mass is 32.2. The Morgan fingerprint density at radius 2 is 2.17 bits per heavy atom. The van der Waals surface area contributed by atoms with Gasteiger partial charge >= 0.3 is 5.88 Å². The van der Waals surface area contributed by atoms with Crippen LogP contribution in [0.4, 0.5) is 11.6 Å². The highest BCUT2D eigenvalue weighted by Crippen LogP contribution is 2.29. The molecule has 3 rings (SSSR count). The van der Waals surface area contributed by atoms with E-state index in [2.05, 4.69) is 10.3 Å². The predicted octanol–water partition coefficient (Wildman–Crippen LogP) is 3.39. The molecular weight excluding hydrogens is 318 g/mol. The molecule has 1 aromatic heterocycles. The SMILES string of the molecule is Cc1cccc(N=C2NC(=O)/C(=C\c3ccc([N+](=O)[O-])o3)S2)c1. The van der Waals surface area contributed by atoms with E-state index in [-0.39, 0.29) is 17.6 Å². The van der Waals surface area contributed by atoms with Crippen LogP contribution >= 0.6 is 11.8 Å². The van der Waals surface area contributed by atoms with Crippen molar-refractivity contribution < 1.29 is 14.1 Å². The molecule has 1 fully saturated rings. The molecule has 2 heterocycles. The molecule has 8 heteroatoms. The van der Waals surface area contributed by atoms with Crippen molar-refractivity contribution in [2.75, 3.05) is 0 Å². The minimum Gasteiger partial charge on any atom is -0.401 e. The lowest BCUT2D eigenvalue weighted by atomic mass is 10.2. The molecule has 1 saturated heterocycles. The summed E-state index contributed by atoms with van der Waals surface area (Å²) in [6, 6.07) is 10.3. The molecule has 0 aliphatic carbocycles. The van der Waals surface area contributed by atoms with Crippen LogP contribution in [0.2, 0.25) is 0 Å². The largest absolute Gasteiger partial charge is 0.433 e. The average Bonchev–Trinajstić information content (AvgIpc) is 3.07. The highest BCUT2D eigenvalue weighted by molar-refractivity contribution is 8.18. The van der Waals surface area contributed by atoms with E-state index in [0.717, 1.165) is 23.0 Å². The Labute approximate surface area is 135 Å². The molecule has 116 valence electrons. The minimum atomic E-state index is -0.630. The van der Waals surface area contributed by atoms with Gasteiger partial charge in [-0.3, -0.25) is 14.9 Å². The van der Waals surface area contributed by atoms with Crippen LogP contribution in [0.3, 0.4) is 0 Å². The topological polar surface area (TPSA) is 97.7 Å². The van der Waals surface area contributed by atoms with Crippen molar-refractivity contribution in [2.45, 2.75) is 6.92 Å². The van der Waals surface area contributed by atoms with Crippen LogP contribution in [-0.2, 0) is 4.79 Å². The number of thioether (sulfide) groups is 1. The summed E-state index contributed by atoms with van der Waals surface area (Å²) < 4.78 is 5.02. The summed E-state index contributed by atoms with van der Waals surface area (Å²) in [5.74, 6) is -0.444. The van der Waals surface area contributed by atoms with Crippen molar-refractivity contribution in [3.63, 3.8) is 0 Å². The number of amidine groups is 1. The number of carbonyl (C=O) groups excluding carboxylic acids is 1. The van der Waals surface area contributed by atoms with Crippen molar-refractivity contribution in [3.8, 4) is 0 Å². The number of furan rings is 1. The van der Waals surface area contributed by atoms with E-state index in [1.54, 1.807) is 0 Å². The number of carbonyl (C=O) groups is 1. The fraction of sp³-hybridized carbons (Fsp3) is 0.0667. The van der Waals surface area contributed by atoms with Crippen molar-refractivity contribution in [1.29, 1.82) is 0 Å². The molecule has 0 spiro atoms. The summed E-state index contributed by atoms with van der Waals surface area (Å²) in [5, 5.41) is 13.7. The van der Waals surface area contributed by atoms with Gasteiger partial charge in [-0.2, -0.15) is 0 Å². The van der Waals surface area contributed by atoms with Crippen molar-refractivity contribution in [1.82, 2.24) is 5.32 Å². The third-order valence-corrected chi connectivity index (χ3v) is 3.86. The molecule has 0 bridgehead atoms. The summed E-state index contributed by atoms with van der Waals surface area (Å²) in [6.45, 7) is 1.96. The van der Waals surface area contributed by atoms with E-state index >= 15 is 0 Å². The number of aryl methyl sites for hydroxylation is 1. The predicted molar refractivity (Wildman–Crippen MR) is 87.3 cm³/mol. The molecule has 1 aliphatic rings. The van der Waals surface area contributed by atoms with Crippen LogP contribution in [0, 0.1) is 17.0 Å². The summed E-state index contributed by atoms with van der Waals surface area (Å²) in [5.41, 5.74) is 1.81. The first-order chi connectivity index (χ1) is 11.0. The van der Waals surface area contributed by atoms with Gasteiger partial charge in [0, 0.05) is 6.08 Å². The zero-order chi connectivity index (χ0) is 16.4. The van der Waals surface area contributed by atoms with Gasteiger partial charge in [-0.15, -0.1) is 0 Å². The van der Waals surface area contributed by atoms with E-state index in [0.29, 0.717) is 10.1 Å². The Bertz CT molecular complexity index is 854. The number of benzene rings is 1. The Kier molecular flexibility index (Phi) is 3.98. The van der Waals surface area contributed by atoms with Gasteiger partial charge < -0.3 is 9.73 Å². The maximum Gasteiger partial charge on any atom is 0.433 e. The van der Waals surface area contributed by atoms with Crippen LogP contribution in [0.25, 0.3) is 6.08 Å². The molecule has 0 radical (unpaired) electrons. The van der Waals surface area contributed by atoms with Gasteiger partial charge in [0.15, 0.2) is 5.17 Å². The van der Waals surface area contributed by atoms with E-state index in [9.17, 15) is 14.9 Å². The fourth-order valence-electron chi connectivity index (χ4n) is 1.94. The average molecular weight is 329 g/mol. The molecule has 1 N–H and O–H groups in total. The summed E-state index contributed by atoms with van der Waals surface area (Å²) in [6.07, 6.45) is 1.45. The number of nitro groups is 1. The second-order valence-electron chi connectivity index (χ2n) is 4.75. The molecule has 7 nitrogen and oxygen atoms in total. The molecule has 2 aromatic rings. The van der Waals surface area contributed by atoms with Crippen LogP contribution in [0.15, 0.2) is 50.7 Å². The van der Waals surface area contributed by atoms with E-state index in [1.165, 1.54) is 18.2 Å². The van der Waals surface area contributed by atoms with Gasteiger partial charge in [-0.1, -0.05) is 12.1 Å². The number of rotatable bonds is 3. The lowest BCUT2D eigenvalue weighted by Gasteiger charge is -1.97. The fourth-order valence-corrected chi connectivity index (χ4v) is 2.76. The normalized spacial score (nSPS) is 17.7. The number of nitrogens with one attached hydrogen (secondary N) is 1. The number of amides is 1. The molecule has 1 aliphatic heterocycles. The van der Waals surface area contributed by atoms with Gasteiger partial charge in [-0.05, 0) is 42.4 Å². The lowest BCUT2D eigenvalue weighted by molar-refractivity contribution is -0.402. The second-order valence-corrected chi connectivity index (χ2v) is 5.78. The Morgan fingerprint density at radius 1 is 1.35 bits per heavy atom. The van der Waals surface area contributed by atoms with Gasteiger partial charge in [0.2, 0.25) is 0 Å². The van der Waals surface area contributed by atoms with Crippen LogP contribution < -0.4 is 5.32 Å². The van der Waals surface area contributed by atoms with Crippen LogP contribution in [0.1, 0.15) is 11.3 Å². The lowest BCUT2D eigenvalue weighted by Crippen LogP contribution is -2.19. The molecule has 1 amide bonds. The number of aliphatic imine (C=N–C) groups is 1. The zero-order valence-corrected chi connectivity index (χ0v) is 12.8. The number of hydrogen-bond donors (Lipinski definition) is 1.